The van der Waals surface area contributed by atoms with Crippen LogP contribution in [0.25, 0.3) is 5.69 Å². The number of hydrogen-bond acceptors (Lipinski definition) is 5. The molecule has 0 aliphatic rings. The number of benzene rings is 2. The van der Waals surface area contributed by atoms with E-state index in [-0.39, 0.29) is 43.3 Å². The Morgan fingerprint density at radius 2 is 1.82 bits per heavy atom. The summed E-state index contributed by atoms with van der Waals surface area (Å²) in [6, 6.07) is 7.70. The standard InChI is InChI=1S/C16H10Cl2F2N4O4/c1-8-21-23(16(25)22(8)15(19)20)13-7-14(12(18)6-11(13)17)28-10-4-2-9(3-5-10)24(26)27/h2-7,15H,1H3. The third-order valence-electron chi connectivity index (χ3n) is 3.68. The molecule has 28 heavy (non-hydrogen) atoms. The first-order valence-corrected chi connectivity index (χ1v) is 8.32. The Balaban J connectivity index is 2.03. The van der Waals surface area contributed by atoms with Gasteiger partial charge >= 0.3 is 12.2 Å². The van der Waals surface area contributed by atoms with E-state index in [4.69, 9.17) is 27.9 Å². The normalized spacial score (nSPS) is 11.1. The number of nitrogens with zero attached hydrogens (tertiary/aromatic N) is 4. The minimum Gasteiger partial charge on any atom is -0.456 e. The molecule has 0 radical (unpaired) electrons. The molecule has 0 aliphatic carbocycles. The average molecular weight is 431 g/mol. The van der Waals surface area contributed by atoms with Gasteiger partial charge in [-0.25, -0.2) is 9.36 Å². The van der Waals surface area contributed by atoms with Gasteiger partial charge in [0.15, 0.2) is 0 Å². The van der Waals surface area contributed by atoms with Crippen LogP contribution < -0.4 is 10.4 Å². The van der Waals surface area contributed by atoms with Gasteiger partial charge < -0.3 is 4.74 Å². The van der Waals surface area contributed by atoms with Gasteiger partial charge in [-0.05, 0) is 25.1 Å². The van der Waals surface area contributed by atoms with E-state index >= 15 is 0 Å². The lowest BCUT2D eigenvalue weighted by Gasteiger charge is -2.11. The van der Waals surface area contributed by atoms with Crippen LogP contribution in [0.4, 0.5) is 14.5 Å². The lowest BCUT2D eigenvalue weighted by atomic mass is 10.3. The lowest BCUT2D eigenvalue weighted by Crippen LogP contribution is -2.24. The van der Waals surface area contributed by atoms with Gasteiger partial charge in [-0.1, -0.05) is 23.2 Å². The quantitative estimate of drug-likeness (QED) is 0.430. The van der Waals surface area contributed by atoms with Gasteiger partial charge in [-0.3, -0.25) is 10.1 Å². The lowest BCUT2D eigenvalue weighted by molar-refractivity contribution is -0.384. The average Bonchev–Trinajstić information content (AvgIpc) is 2.92. The number of non-ortho nitro benzene ring substituents is 1. The number of nitro groups is 1. The maximum absolute atomic E-state index is 13.0. The van der Waals surface area contributed by atoms with E-state index in [0.29, 0.717) is 4.68 Å². The second kappa shape index (κ2) is 7.56. The van der Waals surface area contributed by atoms with E-state index in [0.717, 1.165) is 0 Å². The smallest absolute Gasteiger partial charge is 0.355 e. The van der Waals surface area contributed by atoms with E-state index in [2.05, 4.69) is 5.10 Å². The van der Waals surface area contributed by atoms with Crippen LogP contribution >= 0.6 is 23.2 Å². The highest BCUT2D eigenvalue weighted by Gasteiger charge is 2.21. The number of aryl methyl sites for hydroxylation is 1. The van der Waals surface area contributed by atoms with E-state index in [9.17, 15) is 23.7 Å². The van der Waals surface area contributed by atoms with Crippen molar-refractivity contribution in [3.05, 3.63) is 72.9 Å². The Kier molecular flexibility index (Phi) is 5.34. The summed E-state index contributed by atoms with van der Waals surface area (Å²) in [6.07, 6.45) is 0. The third kappa shape index (κ3) is 3.69. The molecule has 0 fully saturated rings. The van der Waals surface area contributed by atoms with Crippen LogP contribution in [-0.2, 0) is 0 Å². The van der Waals surface area contributed by atoms with Crippen molar-refractivity contribution in [3.63, 3.8) is 0 Å². The molecule has 0 amide bonds. The van der Waals surface area contributed by atoms with Crippen LogP contribution in [-0.4, -0.2) is 19.3 Å². The van der Waals surface area contributed by atoms with Gasteiger partial charge in [0.1, 0.15) is 17.3 Å². The summed E-state index contributed by atoms with van der Waals surface area (Å²) in [6.45, 7) is -1.81. The Morgan fingerprint density at radius 1 is 1.18 bits per heavy atom. The van der Waals surface area contributed by atoms with Crippen LogP contribution in [0.2, 0.25) is 10.0 Å². The fourth-order valence-corrected chi connectivity index (χ4v) is 2.88. The fourth-order valence-electron chi connectivity index (χ4n) is 2.38. The van der Waals surface area contributed by atoms with Crippen LogP contribution in [0, 0.1) is 17.0 Å². The molecule has 146 valence electrons. The monoisotopic (exact) mass is 430 g/mol. The minimum atomic E-state index is -3.07. The van der Waals surface area contributed by atoms with Gasteiger partial charge in [0, 0.05) is 18.2 Å². The molecular formula is C16H10Cl2F2N4O4. The number of hydrogen-bond donors (Lipinski definition) is 0. The largest absolute Gasteiger partial charge is 0.456 e. The predicted octanol–water partition coefficient (Wildman–Crippen LogP) is 4.74. The zero-order valence-corrected chi connectivity index (χ0v) is 15.5. The second-order valence-corrected chi connectivity index (χ2v) is 6.29. The van der Waals surface area contributed by atoms with Crippen LogP contribution in [0.15, 0.2) is 41.2 Å². The maximum atomic E-state index is 13.0. The summed E-state index contributed by atoms with van der Waals surface area (Å²) < 4.78 is 32.5. The molecule has 0 saturated heterocycles. The first kappa shape index (κ1) is 19.8. The van der Waals surface area contributed by atoms with Crippen LogP contribution in [0.1, 0.15) is 12.4 Å². The highest BCUT2D eigenvalue weighted by Crippen LogP contribution is 2.35. The van der Waals surface area contributed by atoms with E-state index in [1.165, 1.54) is 43.3 Å². The molecule has 0 unspecified atom stereocenters. The van der Waals surface area contributed by atoms with Crippen molar-refractivity contribution in [1.29, 1.82) is 0 Å². The van der Waals surface area contributed by atoms with Crippen LogP contribution in [0.3, 0.4) is 0 Å². The molecule has 3 aromatic rings. The van der Waals surface area contributed by atoms with Crippen molar-refractivity contribution in [3.8, 4) is 17.2 Å². The minimum absolute atomic E-state index is 0.0120. The summed E-state index contributed by atoms with van der Waals surface area (Å²) in [5.74, 6) is 0.0670. The molecule has 12 heteroatoms. The van der Waals surface area contributed by atoms with Crippen molar-refractivity contribution < 1.29 is 18.4 Å². The molecule has 0 atom stereocenters. The van der Waals surface area contributed by atoms with Crippen molar-refractivity contribution in [1.82, 2.24) is 14.3 Å². The highest BCUT2D eigenvalue weighted by molar-refractivity contribution is 6.36. The number of ether oxygens (including phenoxy) is 1. The van der Waals surface area contributed by atoms with Gasteiger partial charge in [0.25, 0.3) is 5.69 Å². The molecule has 0 aliphatic heterocycles. The number of alkyl halides is 2. The molecule has 2 aromatic carbocycles. The molecule has 1 aromatic heterocycles. The Labute approximate surface area is 165 Å². The summed E-state index contributed by atoms with van der Waals surface area (Å²) in [5.41, 5.74) is -1.23. The predicted molar refractivity (Wildman–Crippen MR) is 97.0 cm³/mol. The Bertz CT molecular complexity index is 1110. The van der Waals surface area contributed by atoms with Gasteiger partial charge in [-0.15, -0.1) is 5.10 Å². The third-order valence-corrected chi connectivity index (χ3v) is 4.28. The van der Waals surface area contributed by atoms with E-state index in [1.807, 2.05) is 0 Å². The maximum Gasteiger partial charge on any atom is 0.355 e. The van der Waals surface area contributed by atoms with Crippen molar-refractivity contribution in [2.45, 2.75) is 13.5 Å². The Hall–Kier alpha value is -2.98. The number of nitro benzene ring substituents is 1. The molecule has 0 N–H and O–H groups in total. The highest BCUT2D eigenvalue weighted by atomic mass is 35.5. The van der Waals surface area contributed by atoms with E-state index in [1.54, 1.807) is 0 Å². The van der Waals surface area contributed by atoms with E-state index < -0.39 is 17.2 Å². The second-order valence-electron chi connectivity index (χ2n) is 5.48. The SMILES string of the molecule is Cc1nn(-c2cc(Oc3ccc([N+](=O)[O-])cc3)c(Cl)cc2Cl)c(=O)n1C(F)F. The molecule has 0 spiro atoms. The molecule has 1 heterocycles. The molecular weight excluding hydrogens is 421 g/mol. The first-order valence-electron chi connectivity index (χ1n) is 7.57. The molecule has 0 saturated carbocycles. The van der Waals surface area contributed by atoms with Gasteiger partial charge in [-0.2, -0.15) is 13.5 Å². The number of rotatable bonds is 5. The van der Waals surface area contributed by atoms with Crippen LogP contribution in [0.5, 0.6) is 11.5 Å². The summed E-state index contributed by atoms with van der Waals surface area (Å²) in [5, 5.41) is 14.6. The number of aromatic nitrogens is 3. The molecule has 3 rings (SSSR count). The Morgan fingerprint density at radius 3 is 2.36 bits per heavy atom. The summed E-state index contributed by atoms with van der Waals surface area (Å²) in [7, 11) is 0. The van der Waals surface area contributed by atoms with Gasteiger partial charge in [0.2, 0.25) is 0 Å². The zero-order valence-electron chi connectivity index (χ0n) is 14.0. The topological polar surface area (TPSA) is 92.2 Å². The fraction of sp³-hybridized carbons (Fsp3) is 0.125. The summed E-state index contributed by atoms with van der Waals surface area (Å²) >= 11 is 12.2. The molecule has 8 nitrogen and oxygen atoms in total. The van der Waals surface area contributed by atoms with Crippen molar-refractivity contribution in [2.24, 2.45) is 0 Å². The van der Waals surface area contributed by atoms with Crippen molar-refractivity contribution in [2.75, 3.05) is 0 Å². The first-order chi connectivity index (χ1) is 13.2. The van der Waals surface area contributed by atoms with Gasteiger partial charge in [0.05, 0.1) is 20.7 Å². The summed E-state index contributed by atoms with van der Waals surface area (Å²) in [4.78, 5) is 22.4. The molecule has 0 bridgehead atoms. The number of halogens is 4. The van der Waals surface area contributed by atoms with Crippen molar-refractivity contribution >= 4 is 28.9 Å². The zero-order chi connectivity index (χ0) is 20.6.